The monoisotopic (exact) mass is 280 g/mol. The fourth-order valence-corrected chi connectivity index (χ4v) is 3.58. The van der Waals surface area contributed by atoms with Gasteiger partial charge >= 0.3 is 0 Å². The molecule has 1 N–H and O–H groups in total. The highest BCUT2D eigenvalue weighted by Gasteiger charge is 2.22. The molecule has 0 aliphatic heterocycles. The second kappa shape index (κ2) is 6.18. The highest BCUT2D eigenvalue weighted by atomic mass is 32.2. The molecule has 5 heteroatoms. The minimum atomic E-state index is -3.64. The molecule has 104 valence electrons. The molecule has 0 radical (unpaired) electrons. The van der Waals surface area contributed by atoms with Gasteiger partial charge in [0.1, 0.15) is 11.0 Å². The molecule has 1 aromatic carbocycles. The summed E-state index contributed by atoms with van der Waals surface area (Å²) in [6, 6.07) is 6.66. The van der Waals surface area contributed by atoms with Gasteiger partial charge < -0.3 is 0 Å². The molecule has 1 rings (SSSR count). The molecule has 0 aliphatic carbocycles. The lowest BCUT2D eigenvalue weighted by molar-refractivity contribution is 0.482. The summed E-state index contributed by atoms with van der Waals surface area (Å²) < 4.78 is 27.2. The van der Waals surface area contributed by atoms with Crippen LogP contribution >= 0.6 is 0 Å². The Kier molecular flexibility index (Phi) is 5.10. The van der Waals surface area contributed by atoms with Gasteiger partial charge in [0.2, 0.25) is 10.0 Å². The van der Waals surface area contributed by atoms with Crippen LogP contribution in [0.25, 0.3) is 0 Å². The number of sulfonamides is 1. The normalized spacial score (nSPS) is 13.3. The molecular formula is C14H20N2O2S. The quantitative estimate of drug-likeness (QED) is 0.901. The number of nitrogens with one attached hydrogen (secondary N) is 1. The Bertz CT molecular complexity index is 586. The van der Waals surface area contributed by atoms with E-state index < -0.39 is 10.0 Å². The molecule has 0 bridgehead atoms. The zero-order valence-electron chi connectivity index (χ0n) is 11.8. The lowest BCUT2D eigenvalue weighted by Gasteiger charge is -2.17. The van der Waals surface area contributed by atoms with E-state index in [2.05, 4.69) is 4.72 Å². The number of benzene rings is 1. The fourth-order valence-electron chi connectivity index (χ4n) is 2.09. The summed E-state index contributed by atoms with van der Waals surface area (Å²) in [7, 11) is -3.64. The lowest BCUT2D eigenvalue weighted by Crippen LogP contribution is -2.34. The van der Waals surface area contributed by atoms with E-state index >= 15 is 0 Å². The van der Waals surface area contributed by atoms with Gasteiger partial charge in [-0.05, 0) is 37.8 Å². The third-order valence-corrected chi connectivity index (χ3v) is 4.45. The zero-order valence-corrected chi connectivity index (χ0v) is 12.6. The van der Waals surface area contributed by atoms with Gasteiger partial charge in [-0.2, -0.15) is 5.26 Å². The predicted molar refractivity (Wildman–Crippen MR) is 75.1 cm³/mol. The average molecular weight is 280 g/mol. The van der Waals surface area contributed by atoms with Gasteiger partial charge in [-0.15, -0.1) is 0 Å². The van der Waals surface area contributed by atoms with Crippen LogP contribution in [0.5, 0.6) is 0 Å². The molecule has 0 aliphatic rings. The van der Waals surface area contributed by atoms with Gasteiger partial charge in [-0.25, -0.2) is 13.1 Å². The smallest absolute Gasteiger partial charge is 0.208 e. The van der Waals surface area contributed by atoms with Crippen molar-refractivity contribution in [3.63, 3.8) is 0 Å². The minimum Gasteiger partial charge on any atom is -0.208 e. The molecule has 1 aromatic rings. The molecule has 0 spiro atoms. The van der Waals surface area contributed by atoms with Crippen LogP contribution in [0.1, 0.15) is 38.3 Å². The molecule has 1 unspecified atom stereocenters. The van der Waals surface area contributed by atoms with Gasteiger partial charge in [0.05, 0.1) is 5.56 Å². The first-order valence-electron chi connectivity index (χ1n) is 6.30. The fraction of sp³-hybridized carbons (Fsp3) is 0.500. The molecule has 0 saturated heterocycles. The SMILES string of the molecule is Cc1cccc(S(=O)(=O)NC(C)CC(C)C)c1C#N. The summed E-state index contributed by atoms with van der Waals surface area (Å²) in [4.78, 5) is 0.0607. The van der Waals surface area contributed by atoms with E-state index in [4.69, 9.17) is 5.26 Å². The van der Waals surface area contributed by atoms with Crippen LogP contribution in [0.15, 0.2) is 23.1 Å². The van der Waals surface area contributed by atoms with Crippen LogP contribution in [0.4, 0.5) is 0 Å². The minimum absolute atomic E-state index is 0.0607. The van der Waals surface area contributed by atoms with Crippen molar-refractivity contribution in [3.8, 4) is 6.07 Å². The lowest BCUT2D eigenvalue weighted by atomic mass is 10.1. The summed E-state index contributed by atoms with van der Waals surface area (Å²) in [6.45, 7) is 7.64. The molecular weight excluding hydrogens is 260 g/mol. The highest BCUT2D eigenvalue weighted by Crippen LogP contribution is 2.19. The first kappa shape index (κ1) is 15.7. The summed E-state index contributed by atoms with van der Waals surface area (Å²) in [5, 5.41) is 9.10. The van der Waals surface area contributed by atoms with Crippen LogP contribution in [0, 0.1) is 24.2 Å². The van der Waals surface area contributed by atoms with Crippen molar-refractivity contribution >= 4 is 10.0 Å². The van der Waals surface area contributed by atoms with E-state index in [-0.39, 0.29) is 16.5 Å². The topological polar surface area (TPSA) is 70.0 Å². The third kappa shape index (κ3) is 4.05. The van der Waals surface area contributed by atoms with Crippen LogP contribution in [0.2, 0.25) is 0 Å². The average Bonchev–Trinajstić information content (AvgIpc) is 2.26. The van der Waals surface area contributed by atoms with Gasteiger partial charge in [-0.3, -0.25) is 0 Å². The standard InChI is InChI=1S/C14H20N2O2S/c1-10(2)8-12(4)16-19(17,18)14-7-5-6-11(3)13(14)9-15/h5-7,10,12,16H,8H2,1-4H3. The number of nitrogens with zero attached hydrogens (tertiary/aromatic N) is 1. The number of hydrogen-bond donors (Lipinski definition) is 1. The van der Waals surface area contributed by atoms with Crippen LogP contribution in [0.3, 0.4) is 0 Å². The second-order valence-electron chi connectivity index (χ2n) is 5.21. The summed E-state index contributed by atoms with van der Waals surface area (Å²) in [6.07, 6.45) is 0.757. The van der Waals surface area contributed by atoms with Crippen molar-refractivity contribution in [2.45, 2.75) is 45.1 Å². The molecule has 4 nitrogen and oxygen atoms in total. The van der Waals surface area contributed by atoms with E-state index in [0.717, 1.165) is 6.42 Å². The molecule has 0 heterocycles. The van der Waals surface area contributed by atoms with Gasteiger partial charge in [0, 0.05) is 6.04 Å². The molecule has 1 atom stereocenters. The Morgan fingerprint density at radius 3 is 2.47 bits per heavy atom. The van der Waals surface area contributed by atoms with E-state index in [9.17, 15) is 8.42 Å². The summed E-state index contributed by atoms with van der Waals surface area (Å²) >= 11 is 0. The molecule has 0 saturated carbocycles. The number of aryl methyl sites for hydroxylation is 1. The number of rotatable bonds is 5. The Hall–Kier alpha value is -1.38. The molecule has 0 amide bonds. The maximum Gasteiger partial charge on any atom is 0.242 e. The number of nitriles is 1. The maximum absolute atomic E-state index is 12.3. The van der Waals surface area contributed by atoms with E-state index in [1.165, 1.54) is 6.07 Å². The van der Waals surface area contributed by atoms with E-state index in [0.29, 0.717) is 11.5 Å². The van der Waals surface area contributed by atoms with Gasteiger partial charge in [-0.1, -0.05) is 26.0 Å². The van der Waals surface area contributed by atoms with E-state index in [1.807, 2.05) is 26.8 Å². The first-order valence-corrected chi connectivity index (χ1v) is 7.78. The molecule has 0 fully saturated rings. The predicted octanol–water partition coefficient (Wildman–Crippen LogP) is 2.58. The second-order valence-corrected chi connectivity index (χ2v) is 6.89. The Morgan fingerprint density at radius 1 is 1.32 bits per heavy atom. The van der Waals surface area contributed by atoms with Crippen molar-refractivity contribution in [1.29, 1.82) is 5.26 Å². The van der Waals surface area contributed by atoms with E-state index in [1.54, 1.807) is 19.1 Å². The Labute approximate surface area is 115 Å². The summed E-state index contributed by atoms with van der Waals surface area (Å²) in [5.74, 6) is 0.408. The van der Waals surface area contributed by atoms with Crippen molar-refractivity contribution in [2.24, 2.45) is 5.92 Å². The Balaban J connectivity index is 3.09. The zero-order chi connectivity index (χ0) is 14.6. The van der Waals surface area contributed by atoms with Crippen molar-refractivity contribution in [2.75, 3.05) is 0 Å². The van der Waals surface area contributed by atoms with Crippen LogP contribution in [-0.2, 0) is 10.0 Å². The van der Waals surface area contributed by atoms with Crippen molar-refractivity contribution in [1.82, 2.24) is 4.72 Å². The third-order valence-electron chi connectivity index (χ3n) is 2.82. The summed E-state index contributed by atoms with van der Waals surface area (Å²) in [5.41, 5.74) is 0.883. The van der Waals surface area contributed by atoms with Crippen LogP contribution in [-0.4, -0.2) is 14.5 Å². The van der Waals surface area contributed by atoms with Gasteiger partial charge in [0.25, 0.3) is 0 Å². The molecule has 19 heavy (non-hydrogen) atoms. The molecule has 0 aromatic heterocycles. The van der Waals surface area contributed by atoms with Crippen molar-refractivity contribution < 1.29 is 8.42 Å². The van der Waals surface area contributed by atoms with Crippen molar-refractivity contribution in [3.05, 3.63) is 29.3 Å². The number of hydrogen-bond acceptors (Lipinski definition) is 3. The highest BCUT2D eigenvalue weighted by molar-refractivity contribution is 7.89. The van der Waals surface area contributed by atoms with Gasteiger partial charge in [0.15, 0.2) is 0 Å². The first-order chi connectivity index (χ1) is 8.77. The largest absolute Gasteiger partial charge is 0.242 e. The maximum atomic E-state index is 12.3. The van der Waals surface area contributed by atoms with Crippen LogP contribution < -0.4 is 4.72 Å². The Morgan fingerprint density at radius 2 is 1.95 bits per heavy atom.